The highest BCUT2D eigenvalue weighted by Crippen LogP contribution is 2.33. The Labute approximate surface area is 191 Å². The molecule has 9 nitrogen and oxygen atoms in total. The van der Waals surface area contributed by atoms with E-state index in [1.54, 1.807) is 24.3 Å². The largest absolute Gasteiger partial charge is 0.494 e. The van der Waals surface area contributed by atoms with Crippen molar-refractivity contribution in [1.82, 2.24) is 4.90 Å². The Kier molecular flexibility index (Phi) is 6.39. The number of nitro benzene ring substituents is 1. The zero-order valence-corrected chi connectivity index (χ0v) is 18.3. The molecule has 172 valence electrons. The number of imide groups is 1. The van der Waals surface area contributed by atoms with Gasteiger partial charge >= 0.3 is 0 Å². The van der Waals surface area contributed by atoms with E-state index in [1.165, 1.54) is 29.2 Å². The van der Waals surface area contributed by atoms with Crippen LogP contribution in [0.3, 0.4) is 0 Å². The van der Waals surface area contributed by atoms with Gasteiger partial charge in [0.15, 0.2) is 0 Å². The summed E-state index contributed by atoms with van der Waals surface area (Å²) in [6.07, 6.45) is 3.28. The number of hydrogen-bond acceptors (Lipinski definition) is 6. The summed E-state index contributed by atoms with van der Waals surface area (Å²) in [5, 5.41) is 11.0. The SMILES string of the molecule is CCOc1ccc(N2C(=O)CC(N(C(=O)c3ccc([N+](=O)[O-])cc3)C3CCCC3)C2=O)cc1. The number of carbonyl (C=O) groups is 3. The van der Waals surface area contributed by atoms with E-state index in [1.807, 2.05) is 6.92 Å². The van der Waals surface area contributed by atoms with Gasteiger partial charge in [-0.3, -0.25) is 24.5 Å². The Hall–Kier alpha value is -3.75. The molecule has 1 saturated carbocycles. The van der Waals surface area contributed by atoms with Crippen LogP contribution in [0.1, 0.15) is 49.4 Å². The van der Waals surface area contributed by atoms with E-state index in [0.29, 0.717) is 18.0 Å². The number of amides is 3. The van der Waals surface area contributed by atoms with Crippen molar-refractivity contribution < 1.29 is 24.0 Å². The molecule has 1 unspecified atom stereocenters. The molecule has 4 rings (SSSR count). The molecule has 1 aliphatic carbocycles. The highest BCUT2D eigenvalue weighted by atomic mass is 16.6. The summed E-state index contributed by atoms with van der Waals surface area (Å²) in [5.74, 6) is -0.561. The number of anilines is 1. The Balaban J connectivity index is 1.62. The van der Waals surface area contributed by atoms with Crippen molar-refractivity contribution in [1.29, 1.82) is 0 Å². The molecule has 1 saturated heterocycles. The lowest BCUT2D eigenvalue weighted by molar-refractivity contribution is -0.384. The summed E-state index contributed by atoms with van der Waals surface area (Å²) in [4.78, 5) is 52.8. The third-order valence-corrected chi connectivity index (χ3v) is 6.14. The number of hydrogen-bond donors (Lipinski definition) is 0. The van der Waals surface area contributed by atoms with Crippen molar-refractivity contribution in [2.75, 3.05) is 11.5 Å². The minimum absolute atomic E-state index is 0.0960. The minimum Gasteiger partial charge on any atom is -0.494 e. The van der Waals surface area contributed by atoms with E-state index in [0.717, 1.165) is 30.6 Å². The fourth-order valence-corrected chi connectivity index (χ4v) is 4.58. The topological polar surface area (TPSA) is 110 Å². The zero-order chi connectivity index (χ0) is 23.5. The van der Waals surface area contributed by atoms with Crippen LogP contribution in [0.2, 0.25) is 0 Å². The molecule has 2 fully saturated rings. The van der Waals surface area contributed by atoms with E-state index < -0.39 is 22.8 Å². The van der Waals surface area contributed by atoms with Crippen LogP contribution in [0.5, 0.6) is 5.75 Å². The minimum atomic E-state index is -0.908. The standard InChI is InChI=1S/C24H25N3O6/c1-2-33-20-13-11-18(12-14-20)26-22(28)15-21(24(26)30)25(17-5-3-4-6-17)23(29)16-7-9-19(10-8-16)27(31)32/h7-14,17,21H,2-6,15H2,1H3. The van der Waals surface area contributed by atoms with E-state index in [2.05, 4.69) is 0 Å². The first-order valence-corrected chi connectivity index (χ1v) is 11.1. The molecule has 1 heterocycles. The monoisotopic (exact) mass is 451 g/mol. The third kappa shape index (κ3) is 4.44. The lowest BCUT2D eigenvalue weighted by atomic mass is 10.1. The van der Waals surface area contributed by atoms with Gasteiger partial charge in [-0.2, -0.15) is 0 Å². The molecule has 2 aromatic rings. The van der Waals surface area contributed by atoms with Gasteiger partial charge in [0, 0.05) is 23.7 Å². The van der Waals surface area contributed by atoms with E-state index >= 15 is 0 Å². The second kappa shape index (κ2) is 9.40. The average Bonchev–Trinajstić information content (AvgIpc) is 3.43. The fraction of sp³-hybridized carbons (Fsp3) is 0.375. The van der Waals surface area contributed by atoms with Gasteiger partial charge < -0.3 is 9.64 Å². The average molecular weight is 451 g/mol. The highest BCUT2D eigenvalue weighted by Gasteiger charge is 2.47. The lowest BCUT2D eigenvalue weighted by Crippen LogP contribution is -2.50. The normalized spacial score (nSPS) is 18.6. The summed E-state index contributed by atoms with van der Waals surface area (Å²) in [6, 6.07) is 11.0. The van der Waals surface area contributed by atoms with Gasteiger partial charge in [-0.1, -0.05) is 12.8 Å². The summed E-state index contributed by atoms with van der Waals surface area (Å²) in [7, 11) is 0. The molecular formula is C24H25N3O6. The number of ether oxygens (including phenoxy) is 1. The van der Waals surface area contributed by atoms with Crippen LogP contribution < -0.4 is 9.64 Å². The van der Waals surface area contributed by atoms with Gasteiger partial charge in [0.1, 0.15) is 11.8 Å². The fourth-order valence-electron chi connectivity index (χ4n) is 4.58. The van der Waals surface area contributed by atoms with Crippen LogP contribution in [0.15, 0.2) is 48.5 Å². The Morgan fingerprint density at radius 2 is 1.73 bits per heavy atom. The van der Waals surface area contributed by atoms with Crippen molar-refractivity contribution in [3.8, 4) is 5.75 Å². The van der Waals surface area contributed by atoms with Crippen LogP contribution >= 0.6 is 0 Å². The first-order valence-electron chi connectivity index (χ1n) is 11.1. The maximum atomic E-state index is 13.5. The molecule has 2 aliphatic rings. The van der Waals surface area contributed by atoms with Gasteiger partial charge in [-0.15, -0.1) is 0 Å². The van der Waals surface area contributed by atoms with Gasteiger partial charge in [0.2, 0.25) is 5.91 Å². The molecule has 0 N–H and O–H groups in total. The molecule has 3 amide bonds. The van der Waals surface area contributed by atoms with Crippen LogP contribution in [-0.4, -0.2) is 46.2 Å². The molecule has 2 aromatic carbocycles. The van der Waals surface area contributed by atoms with Crippen LogP contribution in [0.4, 0.5) is 11.4 Å². The predicted molar refractivity (Wildman–Crippen MR) is 120 cm³/mol. The number of rotatable bonds is 7. The lowest BCUT2D eigenvalue weighted by Gasteiger charge is -2.33. The smallest absolute Gasteiger partial charge is 0.269 e. The molecule has 1 aliphatic heterocycles. The maximum Gasteiger partial charge on any atom is 0.269 e. The number of non-ortho nitro benzene ring substituents is 1. The molecule has 0 radical (unpaired) electrons. The molecule has 0 spiro atoms. The second-order valence-electron chi connectivity index (χ2n) is 8.17. The van der Waals surface area contributed by atoms with Crippen molar-refractivity contribution in [3.63, 3.8) is 0 Å². The van der Waals surface area contributed by atoms with Crippen LogP contribution in [0.25, 0.3) is 0 Å². The number of benzene rings is 2. The van der Waals surface area contributed by atoms with E-state index in [9.17, 15) is 24.5 Å². The van der Waals surface area contributed by atoms with Crippen molar-refractivity contribution in [2.24, 2.45) is 0 Å². The first kappa shape index (κ1) is 22.4. The van der Waals surface area contributed by atoms with Gasteiger partial charge in [-0.25, -0.2) is 4.90 Å². The van der Waals surface area contributed by atoms with Crippen molar-refractivity contribution in [3.05, 3.63) is 64.2 Å². The third-order valence-electron chi connectivity index (χ3n) is 6.14. The first-order chi connectivity index (χ1) is 15.9. The maximum absolute atomic E-state index is 13.5. The van der Waals surface area contributed by atoms with Gasteiger partial charge in [-0.05, 0) is 56.2 Å². The number of nitro groups is 1. The number of carbonyl (C=O) groups excluding carboxylic acids is 3. The Morgan fingerprint density at radius 3 is 2.30 bits per heavy atom. The quantitative estimate of drug-likeness (QED) is 0.361. The molecular weight excluding hydrogens is 426 g/mol. The molecule has 0 aromatic heterocycles. The second-order valence-corrected chi connectivity index (χ2v) is 8.17. The zero-order valence-electron chi connectivity index (χ0n) is 18.3. The Bertz CT molecular complexity index is 1060. The summed E-state index contributed by atoms with van der Waals surface area (Å²) in [6.45, 7) is 2.37. The van der Waals surface area contributed by atoms with Crippen LogP contribution in [0, 0.1) is 10.1 Å². The van der Waals surface area contributed by atoms with Gasteiger partial charge in [0.25, 0.3) is 17.5 Å². The summed E-state index contributed by atoms with van der Waals surface area (Å²) >= 11 is 0. The Morgan fingerprint density at radius 1 is 1.09 bits per heavy atom. The van der Waals surface area contributed by atoms with Crippen molar-refractivity contribution in [2.45, 2.75) is 51.1 Å². The molecule has 0 bridgehead atoms. The molecule has 1 atom stereocenters. The summed E-state index contributed by atoms with van der Waals surface area (Å²) < 4.78 is 5.42. The van der Waals surface area contributed by atoms with Crippen LogP contribution in [-0.2, 0) is 9.59 Å². The van der Waals surface area contributed by atoms with E-state index in [-0.39, 0.29) is 29.6 Å². The van der Waals surface area contributed by atoms with E-state index in [4.69, 9.17) is 4.74 Å². The summed E-state index contributed by atoms with van der Waals surface area (Å²) in [5.41, 5.74) is 0.574. The van der Waals surface area contributed by atoms with Gasteiger partial charge in [0.05, 0.1) is 23.6 Å². The molecule has 9 heteroatoms. The van der Waals surface area contributed by atoms with Crippen molar-refractivity contribution >= 4 is 29.1 Å². The predicted octanol–water partition coefficient (Wildman–Crippen LogP) is 3.71. The molecule has 33 heavy (non-hydrogen) atoms. The number of nitrogens with zero attached hydrogens (tertiary/aromatic N) is 3. The highest BCUT2D eigenvalue weighted by molar-refractivity contribution is 6.23.